The van der Waals surface area contributed by atoms with Gasteiger partial charge in [-0.1, -0.05) is 12.1 Å². The SMILES string of the molecule is Cc1ccc(C)c(NC(=O)CN(CCC(=O)N2CCN(C(=O)c3ccco3)CC2)C2CC2)c1. The first-order valence-corrected chi connectivity index (χ1v) is 11.6. The highest BCUT2D eigenvalue weighted by Crippen LogP contribution is 2.27. The van der Waals surface area contributed by atoms with E-state index in [1.54, 1.807) is 17.0 Å². The number of carbonyl (C=O) groups excluding carboxylic acids is 3. The van der Waals surface area contributed by atoms with Crippen molar-refractivity contribution >= 4 is 23.4 Å². The summed E-state index contributed by atoms with van der Waals surface area (Å²) in [6.45, 7) is 6.86. The van der Waals surface area contributed by atoms with Crippen molar-refractivity contribution in [3.05, 3.63) is 53.5 Å². The second-order valence-electron chi connectivity index (χ2n) is 8.97. The van der Waals surface area contributed by atoms with E-state index in [1.807, 2.05) is 36.9 Å². The van der Waals surface area contributed by atoms with E-state index in [9.17, 15) is 14.4 Å². The van der Waals surface area contributed by atoms with Gasteiger partial charge in [0, 0.05) is 50.9 Å². The zero-order valence-electron chi connectivity index (χ0n) is 19.4. The van der Waals surface area contributed by atoms with Crippen molar-refractivity contribution in [2.75, 3.05) is 44.6 Å². The molecule has 0 bridgehead atoms. The molecule has 0 unspecified atom stereocenters. The summed E-state index contributed by atoms with van der Waals surface area (Å²) in [5, 5.41) is 3.02. The predicted octanol–water partition coefficient (Wildman–Crippen LogP) is 2.67. The second-order valence-corrected chi connectivity index (χ2v) is 8.97. The van der Waals surface area contributed by atoms with Gasteiger partial charge in [-0.15, -0.1) is 0 Å². The summed E-state index contributed by atoms with van der Waals surface area (Å²) in [7, 11) is 0. The van der Waals surface area contributed by atoms with Crippen LogP contribution in [0.4, 0.5) is 5.69 Å². The molecule has 2 aromatic rings. The standard InChI is InChI=1S/C25H32N4O4/c1-18-5-6-19(2)21(16-18)26-23(30)17-29(20-7-8-20)10-9-24(31)27-11-13-28(14-12-27)25(32)22-4-3-15-33-22/h3-6,15-16,20H,7-14,17H2,1-2H3,(H,26,30). The zero-order chi connectivity index (χ0) is 23.4. The molecular formula is C25H32N4O4. The fourth-order valence-electron chi connectivity index (χ4n) is 4.19. The maximum Gasteiger partial charge on any atom is 0.289 e. The van der Waals surface area contributed by atoms with Crippen LogP contribution in [0.5, 0.6) is 0 Å². The minimum Gasteiger partial charge on any atom is -0.459 e. The lowest BCUT2D eigenvalue weighted by Gasteiger charge is -2.34. The highest BCUT2D eigenvalue weighted by Gasteiger charge is 2.32. The van der Waals surface area contributed by atoms with Crippen LogP contribution in [-0.4, -0.2) is 77.7 Å². The minimum atomic E-state index is -0.137. The predicted molar refractivity (Wildman–Crippen MR) is 125 cm³/mol. The zero-order valence-corrected chi connectivity index (χ0v) is 19.4. The van der Waals surface area contributed by atoms with E-state index in [0.717, 1.165) is 29.7 Å². The van der Waals surface area contributed by atoms with Crippen LogP contribution in [0.2, 0.25) is 0 Å². The van der Waals surface area contributed by atoms with E-state index < -0.39 is 0 Å². The number of carbonyl (C=O) groups is 3. The van der Waals surface area contributed by atoms with E-state index in [4.69, 9.17) is 4.42 Å². The molecule has 1 aliphatic heterocycles. The number of aryl methyl sites for hydroxylation is 2. The van der Waals surface area contributed by atoms with Crippen LogP contribution in [0.25, 0.3) is 0 Å². The van der Waals surface area contributed by atoms with Crippen LogP contribution < -0.4 is 5.32 Å². The van der Waals surface area contributed by atoms with E-state index in [1.165, 1.54) is 6.26 Å². The Hall–Kier alpha value is -3.13. The van der Waals surface area contributed by atoms with Crippen LogP contribution in [0, 0.1) is 13.8 Å². The largest absolute Gasteiger partial charge is 0.459 e. The molecule has 8 heteroatoms. The number of amides is 3. The van der Waals surface area contributed by atoms with Crippen molar-refractivity contribution in [1.82, 2.24) is 14.7 Å². The van der Waals surface area contributed by atoms with Crippen LogP contribution in [0.1, 0.15) is 40.9 Å². The third kappa shape index (κ3) is 6.01. The molecule has 4 rings (SSSR count). The number of rotatable bonds is 8. The van der Waals surface area contributed by atoms with Gasteiger partial charge in [0.05, 0.1) is 12.8 Å². The van der Waals surface area contributed by atoms with E-state index in [0.29, 0.717) is 50.9 Å². The lowest BCUT2D eigenvalue weighted by atomic mass is 10.1. The summed E-state index contributed by atoms with van der Waals surface area (Å²) in [5.41, 5.74) is 2.98. The van der Waals surface area contributed by atoms with Crippen molar-refractivity contribution in [1.29, 1.82) is 0 Å². The molecule has 1 saturated carbocycles. The number of hydrogen-bond donors (Lipinski definition) is 1. The molecule has 0 radical (unpaired) electrons. The average molecular weight is 453 g/mol. The quantitative estimate of drug-likeness (QED) is 0.666. The number of hydrogen-bond acceptors (Lipinski definition) is 5. The molecule has 176 valence electrons. The fraction of sp³-hybridized carbons (Fsp3) is 0.480. The van der Waals surface area contributed by atoms with Crippen LogP contribution in [-0.2, 0) is 9.59 Å². The Kier molecular flexibility index (Phi) is 7.13. The normalized spacial score (nSPS) is 16.2. The lowest BCUT2D eigenvalue weighted by molar-refractivity contribution is -0.133. The molecule has 33 heavy (non-hydrogen) atoms. The summed E-state index contributed by atoms with van der Waals surface area (Å²) in [6.07, 6.45) is 4.00. The molecule has 3 amide bonds. The minimum absolute atomic E-state index is 0.0481. The van der Waals surface area contributed by atoms with Gasteiger partial charge in [0.25, 0.3) is 5.91 Å². The van der Waals surface area contributed by atoms with Crippen molar-refractivity contribution in [3.8, 4) is 0 Å². The third-order valence-corrected chi connectivity index (χ3v) is 6.34. The van der Waals surface area contributed by atoms with Gasteiger partial charge in [-0.3, -0.25) is 19.3 Å². The number of anilines is 1. The Balaban J connectivity index is 1.24. The Labute approximate surface area is 194 Å². The molecule has 1 saturated heterocycles. The van der Waals surface area contributed by atoms with Crippen molar-refractivity contribution in [3.63, 3.8) is 0 Å². The Morgan fingerprint density at radius 2 is 1.79 bits per heavy atom. The number of furan rings is 1. The highest BCUT2D eigenvalue weighted by atomic mass is 16.3. The molecule has 1 aliphatic carbocycles. The third-order valence-electron chi connectivity index (χ3n) is 6.34. The van der Waals surface area contributed by atoms with Crippen molar-refractivity contribution in [2.24, 2.45) is 0 Å². The van der Waals surface area contributed by atoms with Crippen LogP contribution in [0.3, 0.4) is 0 Å². The molecule has 2 heterocycles. The van der Waals surface area contributed by atoms with Gasteiger partial charge in [0.15, 0.2) is 5.76 Å². The monoisotopic (exact) mass is 452 g/mol. The smallest absolute Gasteiger partial charge is 0.289 e. The molecule has 0 spiro atoms. The lowest BCUT2D eigenvalue weighted by Crippen LogP contribution is -2.51. The van der Waals surface area contributed by atoms with Gasteiger partial charge in [-0.05, 0) is 56.0 Å². The molecular weight excluding hydrogens is 420 g/mol. The first-order chi connectivity index (χ1) is 15.9. The van der Waals surface area contributed by atoms with Gasteiger partial charge in [0.1, 0.15) is 0 Å². The molecule has 2 aliphatic rings. The molecule has 8 nitrogen and oxygen atoms in total. The Morgan fingerprint density at radius 1 is 1.06 bits per heavy atom. The van der Waals surface area contributed by atoms with E-state index >= 15 is 0 Å². The second kappa shape index (κ2) is 10.2. The molecule has 1 N–H and O–H groups in total. The van der Waals surface area contributed by atoms with Gasteiger partial charge in [-0.2, -0.15) is 0 Å². The summed E-state index contributed by atoms with van der Waals surface area (Å²) in [6, 6.07) is 9.74. The fourth-order valence-corrected chi connectivity index (χ4v) is 4.19. The van der Waals surface area contributed by atoms with Gasteiger partial charge >= 0.3 is 0 Å². The van der Waals surface area contributed by atoms with Crippen molar-refractivity contribution < 1.29 is 18.8 Å². The maximum atomic E-state index is 12.8. The summed E-state index contributed by atoms with van der Waals surface area (Å²) < 4.78 is 5.19. The topological polar surface area (TPSA) is 86.1 Å². The summed E-state index contributed by atoms with van der Waals surface area (Å²) in [4.78, 5) is 43.5. The highest BCUT2D eigenvalue weighted by molar-refractivity contribution is 5.93. The summed E-state index contributed by atoms with van der Waals surface area (Å²) in [5.74, 6) is 0.213. The number of nitrogens with zero attached hydrogens (tertiary/aromatic N) is 3. The van der Waals surface area contributed by atoms with Crippen molar-refractivity contribution in [2.45, 2.75) is 39.2 Å². The molecule has 1 aromatic carbocycles. The van der Waals surface area contributed by atoms with Crippen LogP contribution in [0.15, 0.2) is 41.0 Å². The molecule has 2 fully saturated rings. The average Bonchev–Trinajstić information content (AvgIpc) is 3.51. The van der Waals surface area contributed by atoms with Gasteiger partial charge < -0.3 is 19.5 Å². The van der Waals surface area contributed by atoms with Gasteiger partial charge in [0.2, 0.25) is 11.8 Å². The van der Waals surface area contributed by atoms with E-state index in [-0.39, 0.29) is 24.3 Å². The van der Waals surface area contributed by atoms with E-state index in [2.05, 4.69) is 10.2 Å². The van der Waals surface area contributed by atoms with Crippen LogP contribution >= 0.6 is 0 Å². The van der Waals surface area contributed by atoms with Gasteiger partial charge in [-0.25, -0.2) is 0 Å². The number of nitrogens with one attached hydrogen (secondary N) is 1. The first-order valence-electron chi connectivity index (χ1n) is 11.6. The first kappa shape index (κ1) is 23.0. The Morgan fingerprint density at radius 3 is 2.45 bits per heavy atom. The number of benzene rings is 1. The maximum absolute atomic E-state index is 12.8. The molecule has 1 aromatic heterocycles. The Bertz CT molecular complexity index is 992. The summed E-state index contributed by atoms with van der Waals surface area (Å²) >= 11 is 0. The number of piperazine rings is 1. The molecule has 0 atom stereocenters.